The fourth-order valence-corrected chi connectivity index (χ4v) is 3.76. The summed E-state index contributed by atoms with van der Waals surface area (Å²) in [6.45, 7) is 3.14. The quantitative estimate of drug-likeness (QED) is 0.818. The van der Waals surface area contributed by atoms with E-state index in [-0.39, 0.29) is 17.9 Å². The summed E-state index contributed by atoms with van der Waals surface area (Å²) in [7, 11) is 5.23. The lowest BCUT2D eigenvalue weighted by Crippen LogP contribution is -2.44. The fraction of sp³-hybridized carbons (Fsp3) is 0.526. The van der Waals surface area contributed by atoms with Crippen LogP contribution in [0.2, 0.25) is 0 Å². The van der Waals surface area contributed by atoms with E-state index in [9.17, 15) is 4.79 Å². The highest BCUT2D eigenvalue weighted by Crippen LogP contribution is 2.38. The molecular formula is C19H25N5O4. The second-order valence-electron chi connectivity index (χ2n) is 7.13. The van der Waals surface area contributed by atoms with Crippen molar-refractivity contribution in [2.24, 2.45) is 0 Å². The fourth-order valence-electron chi connectivity index (χ4n) is 3.76. The van der Waals surface area contributed by atoms with Crippen molar-refractivity contribution in [3.05, 3.63) is 29.9 Å². The van der Waals surface area contributed by atoms with Gasteiger partial charge in [0.05, 0.1) is 31.9 Å². The van der Waals surface area contributed by atoms with Gasteiger partial charge >= 0.3 is 0 Å². The SMILES string of the molecule is COc1ccc(N2CC(c3nc(C4CNCCN4C)no3)CC2=O)c(OC)c1. The Morgan fingerprint density at radius 2 is 2.14 bits per heavy atom. The Balaban J connectivity index is 1.53. The van der Waals surface area contributed by atoms with Crippen LogP contribution in [0.1, 0.15) is 30.1 Å². The molecule has 1 aromatic heterocycles. The number of amides is 1. The molecule has 0 bridgehead atoms. The van der Waals surface area contributed by atoms with Gasteiger partial charge in [-0.1, -0.05) is 5.16 Å². The van der Waals surface area contributed by atoms with Crippen LogP contribution >= 0.6 is 0 Å². The molecule has 2 fully saturated rings. The Kier molecular flexibility index (Phi) is 5.19. The topological polar surface area (TPSA) is 93.0 Å². The molecule has 4 rings (SSSR count). The third-order valence-electron chi connectivity index (χ3n) is 5.42. The lowest BCUT2D eigenvalue weighted by Gasteiger charge is -2.30. The van der Waals surface area contributed by atoms with Crippen LogP contribution in [0.3, 0.4) is 0 Å². The zero-order valence-corrected chi connectivity index (χ0v) is 16.3. The number of methoxy groups -OCH3 is 2. The molecule has 0 saturated carbocycles. The molecule has 9 heteroatoms. The molecule has 0 radical (unpaired) electrons. The third kappa shape index (κ3) is 3.43. The number of carbonyl (C=O) groups is 1. The van der Waals surface area contributed by atoms with Gasteiger partial charge in [0.25, 0.3) is 0 Å². The van der Waals surface area contributed by atoms with Crippen LogP contribution in [-0.2, 0) is 4.79 Å². The summed E-state index contributed by atoms with van der Waals surface area (Å²) in [4.78, 5) is 21.2. The summed E-state index contributed by atoms with van der Waals surface area (Å²) in [6, 6.07) is 5.50. The van der Waals surface area contributed by atoms with Crippen LogP contribution in [0.5, 0.6) is 11.5 Å². The maximum atomic E-state index is 12.7. The molecule has 0 aliphatic carbocycles. The van der Waals surface area contributed by atoms with Crippen molar-refractivity contribution in [2.75, 3.05) is 52.3 Å². The van der Waals surface area contributed by atoms with Gasteiger partial charge in [0.15, 0.2) is 5.82 Å². The lowest BCUT2D eigenvalue weighted by molar-refractivity contribution is -0.117. The second-order valence-corrected chi connectivity index (χ2v) is 7.13. The van der Waals surface area contributed by atoms with Gasteiger partial charge in [-0.05, 0) is 19.2 Å². The van der Waals surface area contributed by atoms with Crippen molar-refractivity contribution in [2.45, 2.75) is 18.4 Å². The Morgan fingerprint density at radius 3 is 2.89 bits per heavy atom. The maximum Gasteiger partial charge on any atom is 0.232 e. The van der Waals surface area contributed by atoms with Crippen LogP contribution in [0, 0.1) is 0 Å². The predicted molar refractivity (Wildman–Crippen MR) is 102 cm³/mol. The number of carbonyl (C=O) groups excluding carboxylic acids is 1. The van der Waals surface area contributed by atoms with Gasteiger partial charge in [-0.25, -0.2) is 0 Å². The Bertz CT molecular complexity index is 855. The van der Waals surface area contributed by atoms with Gasteiger partial charge in [-0.3, -0.25) is 9.69 Å². The molecule has 2 atom stereocenters. The van der Waals surface area contributed by atoms with E-state index in [0.717, 1.165) is 19.6 Å². The number of ether oxygens (including phenoxy) is 2. The Morgan fingerprint density at radius 1 is 1.29 bits per heavy atom. The molecule has 3 heterocycles. The summed E-state index contributed by atoms with van der Waals surface area (Å²) in [5.74, 6) is 2.31. The molecule has 0 spiro atoms. The number of benzene rings is 1. The molecule has 9 nitrogen and oxygen atoms in total. The molecule has 2 aromatic rings. The minimum Gasteiger partial charge on any atom is -0.497 e. The first-order chi connectivity index (χ1) is 13.6. The van der Waals surface area contributed by atoms with Crippen LogP contribution < -0.4 is 19.7 Å². The summed E-state index contributed by atoms with van der Waals surface area (Å²) in [6.07, 6.45) is 0.329. The Labute approximate surface area is 163 Å². The van der Waals surface area contributed by atoms with Crippen LogP contribution in [0.4, 0.5) is 5.69 Å². The van der Waals surface area contributed by atoms with E-state index in [0.29, 0.717) is 41.9 Å². The van der Waals surface area contributed by atoms with Crippen molar-refractivity contribution in [3.8, 4) is 11.5 Å². The number of nitrogens with zero attached hydrogens (tertiary/aromatic N) is 4. The number of nitrogens with one attached hydrogen (secondary N) is 1. The second kappa shape index (κ2) is 7.76. The lowest BCUT2D eigenvalue weighted by atomic mass is 10.1. The van der Waals surface area contributed by atoms with Crippen molar-refractivity contribution < 1.29 is 18.8 Å². The van der Waals surface area contributed by atoms with E-state index in [1.54, 1.807) is 25.2 Å². The normalized spacial score (nSPS) is 23.2. The molecule has 2 saturated heterocycles. The van der Waals surface area contributed by atoms with Gasteiger partial charge in [0, 0.05) is 38.7 Å². The average molecular weight is 387 g/mol. The highest BCUT2D eigenvalue weighted by atomic mass is 16.5. The molecule has 150 valence electrons. The molecular weight excluding hydrogens is 362 g/mol. The monoisotopic (exact) mass is 387 g/mol. The predicted octanol–water partition coefficient (Wildman–Crippen LogP) is 1.18. The van der Waals surface area contributed by atoms with Crippen molar-refractivity contribution in [1.82, 2.24) is 20.4 Å². The first-order valence-corrected chi connectivity index (χ1v) is 9.37. The van der Waals surface area contributed by atoms with Crippen molar-refractivity contribution >= 4 is 11.6 Å². The number of anilines is 1. The number of rotatable bonds is 5. The van der Waals surface area contributed by atoms with E-state index >= 15 is 0 Å². The number of hydrogen-bond donors (Lipinski definition) is 1. The molecule has 2 aliphatic rings. The summed E-state index contributed by atoms with van der Waals surface area (Å²) in [5.41, 5.74) is 0.715. The van der Waals surface area contributed by atoms with Crippen molar-refractivity contribution in [1.29, 1.82) is 0 Å². The molecule has 2 aliphatic heterocycles. The minimum absolute atomic E-state index is 0.00432. The van der Waals surface area contributed by atoms with Crippen LogP contribution in [0.15, 0.2) is 22.7 Å². The zero-order valence-electron chi connectivity index (χ0n) is 16.3. The van der Waals surface area contributed by atoms with Gasteiger partial charge < -0.3 is 24.2 Å². The highest BCUT2D eigenvalue weighted by Gasteiger charge is 2.37. The smallest absolute Gasteiger partial charge is 0.232 e. The molecule has 1 aromatic carbocycles. The summed E-state index contributed by atoms with van der Waals surface area (Å²) in [5, 5.41) is 7.53. The molecule has 28 heavy (non-hydrogen) atoms. The summed E-state index contributed by atoms with van der Waals surface area (Å²) < 4.78 is 16.2. The number of piperazine rings is 1. The number of hydrogen-bond acceptors (Lipinski definition) is 8. The van der Waals surface area contributed by atoms with E-state index in [1.165, 1.54) is 0 Å². The largest absolute Gasteiger partial charge is 0.497 e. The standard InChI is InChI=1S/C19H25N5O4/c1-23-7-6-20-10-15(23)18-21-19(28-22-18)12-8-17(25)24(11-12)14-5-4-13(26-2)9-16(14)27-3/h4-5,9,12,15,20H,6-8,10-11H2,1-3H3. The van der Waals surface area contributed by atoms with Gasteiger partial charge in [-0.2, -0.15) is 4.98 Å². The number of likely N-dealkylation sites (N-methyl/N-ethyl adjacent to an activating group) is 1. The maximum absolute atomic E-state index is 12.7. The first kappa shape index (κ1) is 18.7. The van der Waals surface area contributed by atoms with E-state index in [4.69, 9.17) is 14.0 Å². The number of aromatic nitrogens is 2. The first-order valence-electron chi connectivity index (χ1n) is 9.37. The molecule has 1 N–H and O–H groups in total. The van der Waals surface area contributed by atoms with Gasteiger partial charge in [0.2, 0.25) is 11.8 Å². The van der Waals surface area contributed by atoms with E-state index in [2.05, 4.69) is 27.4 Å². The van der Waals surface area contributed by atoms with Gasteiger partial charge in [-0.15, -0.1) is 0 Å². The summed E-state index contributed by atoms with van der Waals surface area (Å²) >= 11 is 0. The van der Waals surface area contributed by atoms with E-state index in [1.807, 2.05) is 12.1 Å². The third-order valence-corrected chi connectivity index (χ3v) is 5.42. The van der Waals surface area contributed by atoms with E-state index < -0.39 is 0 Å². The van der Waals surface area contributed by atoms with Crippen LogP contribution in [0.25, 0.3) is 0 Å². The highest BCUT2D eigenvalue weighted by molar-refractivity contribution is 5.97. The minimum atomic E-state index is -0.137. The molecule has 2 unspecified atom stereocenters. The van der Waals surface area contributed by atoms with Crippen molar-refractivity contribution in [3.63, 3.8) is 0 Å². The average Bonchev–Trinajstić information content (AvgIpc) is 3.34. The van der Waals surface area contributed by atoms with Gasteiger partial charge in [0.1, 0.15) is 11.5 Å². The zero-order chi connectivity index (χ0) is 19.7. The Hall–Kier alpha value is -2.65. The van der Waals surface area contributed by atoms with Crippen LogP contribution in [-0.4, -0.2) is 68.4 Å². The molecule has 1 amide bonds.